The van der Waals surface area contributed by atoms with Crippen molar-refractivity contribution < 1.29 is 42.1 Å². The smallest absolute Gasteiger partial charge is 0.462 e. The average molecular weight is 705 g/mol. The van der Waals surface area contributed by atoms with Gasteiger partial charge in [0, 0.05) is 12.8 Å². The number of phosphoric ester groups is 1. The predicted octanol–water partition coefficient (Wildman–Crippen LogP) is 10.2. The summed E-state index contributed by atoms with van der Waals surface area (Å²) in [6.45, 7) is 4.32. The third kappa shape index (κ3) is 34.6. The molecule has 0 aromatic rings. The number of carbonyl (C=O) groups excluding carboxylic acids is 2. The quantitative estimate of drug-likeness (QED) is 0.0228. The van der Waals surface area contributed by atoms with E-state index in [4.69, 9.17) is 18.5 Å². The zero-order valence-electron chi connectivity index (χ0n) is 31.7. The van der Waals surface area contributed by atoms with Crippen molar-refractivity contribution in [2.45, 2.75) is 174 Å². The third-order valence-corrected chi connectivity index (χ3v) is 9.28. The zero-order chi connectivity index (χ0) is 35.8. The summed E-state index contributed by atoms with van der Waals surface area (Å²) in [5.41, 5.74) is 0. The number of esters is 2. The van der Waals surface area contributed by atoms with E-state index in [1.165, 1.54) is 83.5 Å². The first kappa shape index (κ1) is 46.8. The number of nitrogens with zero attached hydrogens (tertiary/aromatic N) is 1. The Morgan fingerprint density at radius 3 is 1.54 bits per heavy atom. The van der Waals surface area contributed by atoms with E-state index in [0.717, 1.165) is 51.4 Å². The first-order chi connectivity index (χ1) is 23.0. The van der Waals surface area contributed by atoms with Gasteiger partial charge in [0.1, 0.15) is 19.8 Å². The van der Waals surface area contributed by atoms with Gasteiger partial charge in [0.2, 0.25) is 0 Å². The predicted molar refractivity (Wildman–Crippen MR) is 197 cm³/mol. The second-order valence-corrected chi connectivity index (χ2v) is 15.8. The number of carbonyl (C=O) groups is 2. The van der Waals surface area contributed by atoms with Crippen LogP contribution in [-0.2, 0) is 32.7 Å². The number of hydrogen-bond acceptors (Lipinski definition) is 7. The van der Waals surface area contributed by atoms with Crippen LogP contribution < -0.4 is 0 Å². The second-order valence-electron chi connectivity index (χ2n) is 14.3. The third-order valence-electron chi connectivity index (χ3n) is 8.30. The molecule has 0 aliphatic carbocycles. The van der Waals surface area contributed by atoms with Gasteiger partial charge >= 0.3 is 19.8 Å². The fourth-order valence-electron chi connectivity index (χ4n) is 5.18. The summed E-state index contributed by atoms with van der Waals surface area (Å²) < 4.78 is 34.0. The fourth-order valence-corrected chi connectivity index (χ4v) is 5.93. The normalized spacial score (nSPS) is 13.9. The van der Waals surface area contributed by atoms with Crippen molar-refractivity contribution in [3.05, 3.63) is 12.2 Å². The first-order valence-corrected chi connectivity index (χ1v) is 20.9. The summed E-state index contributed by atoms with van der Waals surface area (Å²) in [5.74, 6) is -0.812. The molecule has 0 fully saturated rings. The number of likely N-dealkylation sites (N-methyl/N-ethyl adjacent to an activating group) is 1. The Kier molecular flexibility index (Phi) is 30.9. The molecule has 0 aliphatic rings. The molecule has 0 aromatic carbocycles. The molecule has 0 saturated heterocycles. The molecule has 1 N–H and O–H groups in total. The van der Waals surface area contributed by atoms with Crippen LogP contribution in [0.1, 0.15) is 168 Å². The van der Waals surface area contributed by atoms with Gasteiger partial charge in [0.05, 0.1) is 27.7 Å². The van der Waals surface area contributed by atoms with Crippen LogP contribution >= 0.6 is 7.82 Å². The van der Waals surface area contributed by atoms with Crippen LogP contribution in [0.4, 0.5) is 0 Å². The van der Waals surface area contributed by atoms with Crippen molar-refractivity contribution in [1.82, 2.24) is 0 Å². The Bertz CT molecular complexity index is 845. The van der Waals surface area contributed by atoms with Crippen LogP contribution in [0, 0.1) is 0 Å². The van der Waals surface area contributed by atoms with Crippen molar-refractivity contribution in [2.24, 2.45) is 0 Å². The molecule has 0 saturated carbocycles. The molecule has 284 valence electrons. The van der Waals surface area contributed by atoms with Crippen molar-refractivity contribution in [1.29, 1.82) is 0 Å². The van der Waals surface area contributed by atoms with Gasteiger partial charge in [-0.15, -0.1) is 0 Å². The van der Waals surface area contributed by atoms with Gasteiger partial charge < -0.3 is 18.9 Å². The van der Waals surface area contributed by atoms with Crippen LogP contribution in [0.15, 0.2) is 12.2 Å². The lowest BCUT2D eigenvalue weighted by Gasteiger charge is -2.24. The molecular formula is C38H75NO8P+. The summed E-state index contributed by atoms with van der Waals surface area (Å²) in [6.07, 6.45) is 30.1. The Morgan fingerprint density at radius 1 is 0.625 bits per heavy atom. The molecule has 0 aromatic heterocycles. The largest absolute Gasteiger partial charge is 0.472 e. The Hall–Kier alpha value is -1.25. The highest BCUT2D eigenvalue weighted by atomic mass is 31.2. The molecular weight excluding hydrogens is 629 g/mol. The second kappa shape index (κ2) is 31.7. The van der Waals surface area contributed by atoms with Gasteiger partial charge in [-0.25, -0.2) is 4.57 Å². The fraction of sp³-hybridized carbons (Fsp3) is 0.895. The lowest BCUT2D eigenvalue weighted by Crippen LogP contribution is -2.37. The number of hydrogen-bond donors (Lipinski definition) is 1. The van der Waals surface area contributed by atoms with Crippen molar-refractivity contribution >= 4 is 19.8 Å². The van der Waals surface area contributed by atoms with Crippen molar-refractivity contribution in [2.75, 3.05) is 47.5 Å². The highest BCUT2D eigenvalue weighted by Crippen LogP contribution is 2.43. The molecule has 0 rings (SSSR count). The van der Waals surface area contributed by atoms with E-state index in [2.05, 4.69) is 26.0 Å². The van der Waals surface area contributed by atoms with Crippen LogP contribution in [0.5, 0.6) is 0 Å². The van der Waals surface area contributed by atoms with Gasteiger partial charge in [0.15, 0.2) is 6.10 Å². The molecule has 0 aliphatic heterocycles. The monoisotopic (exact) mass is 705 g/mol. The lowest BCUT2D eigenvalue weighted by atomic mass is 10.1. The molecule has 0 spiro atoms. The van der Waals surface area contributed by atoms with Crippen LogP contribution in [-0.4, -0.2) is 74.9 Å². The van der Waals surface area contributed by atoms with E-state index in [1.54, 1.807) is 0 Å². The maximum Gasteiger partial charge on any atom is 0.472 e. The molecule has 0 heterocycles. The molecule has 0 amide bonds. The number of unbranched alkanes of at least 4 members (excludes halogenated alkanes) is 19. The summed E-state index contributed by atoms with van der Waals surface area (Å²) in [7, 11) is 1.48. The Labute approximate surface area is 295 Å². The number of allylic oxidation sites excluding steroid dienone is 2. The van der Waals surface area contributed by atoms with E-state index in [-0.39, 0.29) is 32.0 Å². The minimum atomic E-state index is -4.35. The first-order valence-electron chi connectivity index (χ1n) is 19.4. The van der Waals surface area contributed by atoms with Gasteiger partial charge in [-0.2, -0.15) is 0 Å². The molecule has 10 heteroatoms. The van der Waals surface area contributed by atoms with Gasteiger partial charge in [-0.3, -0.25) is 18.6 Å². The SMILES string of the molecule is CCCCCCCC/C=C\CCCCCCCCCCCC(=O)OC(COC(=O)CCCCCCC)COP(=O)(O)OCC[N+](C)(C)C. The number of ether oxygens (including phenoxy) is 2. The molecule has 0 bridgehead atoms. The molecule has 0 radical (unpaired) electrons. The van der Waals surface area contributed by atoms with Crippen molar-refractivity contribution in [3.8, 4) is 0 Å². The zero-order valence-corrected chi connectivity index (χ0v) is 32.6. The lowest BCUT2D eigenvalue weighted by molar-refractivity contribution is -0.870. The van der Waals surface area contributed by atoms with E-state index in [1.807, 2.05) is 21.1 Å². The van der Waals surface area contributed by atoms with E-state index >= 15 is 0 Å². The highest BCUT2D eigenvalue weighted by molar-refractivity contribution is 7.47. The summed E-state index contributed by atoms with van der Waals surface area (Å²) >= 11 is 0. The van der Waals surface area contributed by atoms with Gasteiger partial charge in [-0.05, 0) is 38.5 Å². The van der Waals surface area contributed by atoms with Crippen LogP contribution in [0.2, 0.25) is 0 Å². The maximum absolute atomic E-state index is 12.6. The highest BCUT2D eigenvalue weighted by Gasteiger charge is 2.27. The molecule has 2 atom stereocenters. The number of rotatable bonds is 35. The number of phosphoric acid groups is 1. The standard InChI is InChI=1S/C38H74NO8P/c1-6-8-10-12-13-14-15-16-17-18-19-20-21-22-23-24-25-27-29-31-38(41)47-36(34-44-37(40)30-28-26-11-9-7-2)35-46-48(42,43)45-33-32-39(3,4)5/h16-17,36H,6-15,18-35H2,1-5H3/p+1/b17-16-. The Balaban J connectivity index is 4.22. The van der Waals surface area contributed by atoms with E-state index < -0.39 is 26.5 Å². The summed E-state index contributed by atoms with van der Waals surface area (Å²) in [5, 5.41) is 0. The molecule has 48 heavy (non-hydrogen) atoms. The minimum absolute atomic E-state index is 0.0335. The molecule has 9 nitrogen and oxygen atoms in total. The Morgan fingerprint density at radius 2 is 1.06 bits per heavy atom. The summed E-state index contributed by atoms with van der Waals surface area (Å²) in [6, 6.07) is 0. The molecule has 2 unspecified atom stereocenters. The minimum Gasteiger partial charge on any atom is -0.462 e. The maximum atomic E-state index is 12.6. The average Bonchev–Trinajstić information content (AvgIpc) is 3.02. The van der Waals surface area contributed by atoms with Crippen molar-refractivity contribution in [3.63, 3.8) is 0 Å². The van der Waals surface area contributed by atoms with E-state index in [0.29, 0.717) is 17.4 Å². The number of quaternary nitrogens is 1. The van der Waals surface area contributed by atoms with Crippen LogP contribution in [0.3, 0.4) is 0 Å². The van der Waals surface area contributed by atoms with Crippen LogP contribution in [0.25, 0.3) is 0 Å². The topological polar surface area (TPSA) is 108 Å². The van der Waals surface area contributed by atoms with Gasteiger partial charge in [0.25, 0.3) is 0 Å². The summed E-state index contributed by atoms with van der Waals surface area (Å²) in [4.78, 5) is 34.9. The van der Waals surface area contributed by atoms with E-state index in [9.17, 15) is 19.0 Å². The van der Waals surface area contributed by atoms with Gasteiger partial charge in [-0.1, -0.05) is 129 Å².